The van der Waals surface area contributed by atoms with Crippen molar-refractivity contribution in [2.75, 3.05) is 5.32 Å². The molecule has 2 heterocycles. The first kappa shape index (κ1) is 22.5. The molecule has 0 atom stereocenters. The summed E-state index contributed by atoms with van der Waals surface area (Å²) in [7, 11) is -1.52. The van der Waals surface area contributed by atoms with Gasteiger partial charge in [0.05, 0.1) is 11.1 Å². The minimum atomic E-state index is -1.52. The van der Waals surface area contributed by atoms with Crippen molar-refractivity contribution in [2.45, 2.75) is 33.2 Å². The van der Waals surface area contributed by atoms with E-state index in [0.717, 1.165) is 16.6 Å². The Morgan fingerprint density at radius 2 is 1.91 bits per heavy atom. The van der Waals surface area contributed by atoms with Gasteiger partial charge in [-0.25, -0.2) is 9.97 Å². The van der Waals surface area contributed by atoms with Gasteiger partial charge in [-0.15, -0.1) is 0 Å². The molecule has 0 aliphatic rings. The van der Waals surface area contributed by atoms with Gasteiger partial charge in [0.1, 0.15) is 17.2 Å². The quantitative estimate of drug-likeness (QED) is 0.322. The highest BCUT2D eigenvalue weighted by Crippen LogP contribution is 2.35. The Bertz CT molecular complexity index is 1330. The number of anilines is 1. The number of hydrogen-bond acceptors (Lipinski definition) is 7. The molecule has 0 unspecified atom stereocenters. The summed E-state index contributed by atoms with van der Waals surface area (Å²) < 4.78 is 5.90. The van der Waals surface area contributed by atoms with Crippen LogP contribution in [0.3, 0.4) is 0 Å². The first-order valence-corrected chi connectivity index (χ1v) is 10.6. The first-order chi connectivity index (χ1) is 15.7. The van der Waals surface area contributed by atoms with Crippen molar-refractivity contribution in [1.82, 2.24) is 9.97 Å². The second kappa shape index (κ2) is 9.05. The van der Waals surface area contributed by atoms with Crippen molar-refractivity contribution in [1.29, 1.82) is 0 Å². The fourth-order valence-electron chi connectivity index (χ4n) is 3.73. The highest BCUT2D eigenvalue weighted by atomic mass is 16.4. The molecule has 0 radical (unpaired) electrons. The molecular weight excluding hydrogens is 419 g/mol. The number of carbonyl (C=O) groups is 1. The summed E-state index contributed by atoms with van der Waals surface area (Å²) in [5, 5.41) is 22.9. The number of nitrogens with one attached hydrogen (secondary N) is 1. The number of nitrogens with two attached hydrogens (primary N) is 1. The molecule has 0 spiro atoms. The van der Waals surface area contributed by atoms with Crippen LogP contribution in [0.4, 0.5) is 5.82 Å². The number of primary amides is 1. The molecule has 9 heteroatoms. The zero-order valence-electron chi connectivity index (χ0n) is 18.7. The van der Waals surface area contributed by atoms with Crippen molar-refractivity contribution in [3.8, 4) is 11.4 Å². The summed E-state index contributed by atoms with van der Waals surface area (Å²) in [6, 6.07) is 14.2. The summed E-state index contributed by atoms with van der Waals surface area (Å²) in [4.78, 5) is 21.3. The Morgan fingerprint density at radius 3 is 2.61 bits per heavy atom. The smallest absolute Gasteiger partial charge is 0.460 e. The third-order valence-corrected chi connectivity index (χ3v) is 5.44. The van der Waals surface area contributed by atoms with Crippen LogP contribution < -0.4 is 16.5 Å². The molecule has 8 nitrogen and oxygen atoms in total. The lowest BCUT2D eigenvalue weighted by Crippen LogP contribution is -2.30. The lowest BCUT2D eigenvalue weighted by molar-refractivity contribution is 0.100. The van der Waals surface area contributed by atoms with E-state index in [0.29, 0.717) is 46.1 Å². The Hall–Kier alpha value is -3.69. The lowest BCUT2D eigenvalue weighted by atomic mass is 9.80. The largest absolute Gasteiger partial charge is 0.488 e. The summed E-state index contributed by atoms with van der Waals surface area (Å²) in [6.07, 6.45) is 0. The molecule has 0 fully saturated rings. The van der Waals surface area contributed by atoms with E-state index in [2.05, 4.69) is 5.32 Å². The van der Waals surface area contributed by atoms with Crippen LogP contribution in [0.1, 0.15) is 47.1 Å². The third-order valence-electron chi connectivity index (χ3n) is 5.44. The van der Waals surface area contributed by atoms with Gasteiger partial charge in [-0.2, -0.15) is 0 Å². The fourth-order valence-corrected chi connectivity index (χ4v) is 3.73. The maximum absolute atomic E-state index is 11.8. The second-order valence-corrected chi connectivity index (χ2v) is 8.21. The summed E-state index contributed by atoms with van der Waals surface area (Å²) in [6.45, 7) is 6.34. The van der Waals surface area contributed by atoms with Gasteiger partial charge in [0.15, 0.2) is 5.82 Å². The van der Waals surface area contributed by atoms with Gasteiger partial charge < -0.3 is 25.5 Å². The topological polar surface area (TPSA) is 134 Å². The van der Waals surface area contributed by atoms with Crippen molar-refractivity contribution in [2.24, 2.45) is 5.73 Å². The highest BCUT2D eigenvalue weighted by Gasteiger charge is 2.21. The first-order valence-electron chi connectivity index (χ1n) is 10.6. The van der Waals surface area contributed by atoms with Gasteiger partial charge in [-0.3, -0.25) is 4.79 Å². The average molecular weight is 444 g/mol. The minimum Gasteiger partial charge on any atom is -0.460 e. The number of nitrogens with zero attached hydrogens (tertiary/aromatic N) is 2. The monoisotopic (exact) mass is 444 g/mol. The van der Waals surface area contributed by atoms with Gasteiger partial charge in [0.25, 0.3) is 5.91 Å². The molecule has 33 heavy (non-hydrogen) atoms. The Morgan fingerprint density at radius 1 is 1.15 bits per heavy atom. The van der Waals surface area contributed by atoms with Crippen LogP contribution >= 0.6 is 0 Å². The molecule has 0 aliphatic heterocycles. The molecule has 0 saturated heterocycles. The normalized spacial score (nSPS) is 11.2. The van der Waals surface area contributed by atoms with Crippen LogP contribution in [0.5, 0.6) is 0 Å². The van der Waals surface area contributed by atoms with Crippen molar-refractivity contribution in [3.05, 3.63) is 71.1 Å². The lowest BCUT2D eigenvalue weighted by Gasteiger charge is -2.12. The van der Waals surface area contributed by atoms with Crippen LogP contribution in [0.25, 0.3) is 22.4 Å². The molecule has 4 rings (SSSR count). The number of carbonyl (C=O) groups excluding carboxylic acids is 1. The number of furan rings is 1. The summed E-state index contributed by atoms with van der Waals surface area (Å²) >= 11 is 0. The maximum atomic E-state index is 11.8. The average Bonchev–Trinajstić information content (AvgIpc) is 3.13. The summed E-state index contributed by atoms with van der Waals surface area (Å²) in [5.74, 6) is 1.30. The van der Waals surface area contributed by atoms with E-state index in [9.17, 15) is 14.8 Å². The Balaban J connectivity index is 1.75. The van der Waals surface area contributed by atoms with Crippen molar-refractivity contribution >= 4 is 35.3 Å². The van der Waals surface area contributed by atoms with Crippen LogP contribution in [-0.4, -0.2) is 33.0 Å². The number of benzene rings is 2. The molecule has 0 aliphatic carbocycles. The third kappa shape index (κ3) is 4.60. The summed E-state index contributed by atoms with van der Waals surface area (Å²) in [5.41, 5.74) is 9.11. The van der Waals surface area contributed by atoms with E-state index in [1.807, 2.05) is 39.0 Å². The predicted octanol–water partition coefficient (Wildman–Crippen LogP) is 2.71. The zero-order valence-corrected chi connectivity index (χ0v) is 18.7. The van der Waals surface area contributed by atoms with Gasteiger partial charge in [-0.05, 0) is 29.9 Å². The second-order valence-electron chi connectivity index (χ2n) is 8.21. The number of hydrogen-bond donors (Lipinski definition) is 4. The Kier molecular flexibility index (Phi) is 6.17. The SMILES string of the molecule is Cc1oc2c(C(N)=O)cccc2c1-c1nc(NCc2cccc(B(O)O)c2)cc(C(C)C)n1. The molecule has 2 aromatic carbocycles. The maximum Gasteiger partial charge on any atom is 0.488 e. The molecule has 0 bridgehead atoms. The number of fused-ring (bicyclic) bond motifs is 1. The molecule has 1 amide bonds. The van der Waals surface area contributed by atoms with Crippen molar-refractivity contribution in [3.63, 3.8) is 0 Å². The zero-order chi connectivity index (χ0) is 23.7. The van der Waals surface area contributed by atoms with Crippen LogP contribution in [-0.2, 0) is 6.54 Å². The van der Waals surface area contributed by atoms with E-state index >= 15 is 0 Å². The van der Waals surface area contributed by atoms with E-state index in [1.165, 1.54) is 0 Å². The molecule has 5 N–H and O–H groups in total. The van der Waals surface area contributed by atoms with E-state index < -0.39 is 13.0 Å². The van der Waals surface area contributed by atoms with E-state index in [4.69, 9.17) is 20.1 Å². The Labute approximate surface area is 191 Å². The van der Waals surface area contributed by atoms with Crippen molar-refractivity contribution < 1.29 is 19.3 Å². The van der Waals surface area contributed by atoms with Gasteiger partial charge in [-0.1, -0.05) is 50.2 Å². The van der Waals surface area contributed by atoms with Crippen LogP contribution in [0.2, 0.25) is 0 Å². The number of para-hydroxylation sites is 1. The predicted molar refractivity (Wildman–Crippen MR) is 128 cm³/mol. The number of rotatable bonds is 7. The molecule has 2 aromatic heterocycles. The van der Waals surface area contributed by atoms with Gasteiger partial charge >= 0.3 is 7.12 Å². The number of aromatic nitrogens is 2. The molecule has 0 saturated carbocycles. The molecule has 4 aromatic rings. The highest BCUT2D eigenvalue weighted by molar-refractivity contribution is 6.58. The van der Waals surface area contributed by atoms with Crippen LogP contribution in [0.15, 0.2) is 52.9 Å². The number of aryl methyl sites for hydroxylation is 1. The molecular formula is C24H25BN4O4. The van der Waals surface area contributed by atoms with E-state index in [-0.39, 0.29) is 5.92 Å². The molecule has 168 valence electrons. The van der Waals surface area contributed by atoms with Crippen LogP contribution in [0, 0.1) is 6.92 Å². The van der Waals surface area contributed by atoms with E-state index in [1.54, 1.807) is 30.3 Å². The van der Waals surface area contributed by atoms with Gasteiger partial charge in [0.2, 0.25) is 0 Å². The van der Waals surface area contributed by atoms with Gasteiger partial charge in [0, 0.05) is 23.7 Å². The fraction of sp³-hybridized carbons (Fsp3) is 0.208. The number of amides is 1. The minimum absolute atomic E-state index is 0.153. The standard InChI is InChI=1S/C24H25BN4O4/c1-13(2)19-11-20(27-12-15-6-4-7-16(10-15)25(31)32)29-24(28-19)21-14(3)33-22-17(21)8-5-9-18(22)23(26)30/h4-11,13,31-32H,12H2,1-3H3,(H2,26,30)(H,27,28,29).